The first kappa shape index (κ1) is 29.4. The molecular weight excluding hydrogens is 554 g/mol. The van der Waals surface area contributed by atoms with Crippen LogP contribution in [0.1, 0.15) is 45.3 Å². The lowest BCUT2D eigenvalue weighted by molar-refractivity contribution is 0.262. The molecule has 222 valence electrons. The van der Waals surface area contributed by atoms with Gasteiger partial charge in [0, 0.05) is 48.0 Å². The van der Waals surface area contributed by atoms with Crippen molar-refractivity contribution in [2.45, 2.75) is 46.7 Å². The van der Waals surface area contributed by atoms with Crippen LogP contribution in [0, 0.1) is 18.6 Å². The number of hydrogen-bond acceptors (Lipinski definition) is 6. The van der Waals surface area contributed by atoms with Crippen molar-refractivity contribution in [1.82, 2.24) is 24.3 Å². The van der Waals surface area contributed by atoms with Gasteiger partial charge in [-0.05, 0) is 76.1 Å². The van der Waals surface area contributed by atoms with Crippen LogP contribution in [0.25, 0.3) is 33.4 Å². The molecule has 2 aromatic carbocycles. The molecule has 0 saturated carbocycles. The molecule has 0 atom stereocenters. The fourth-order valence-corrected chi connectivity index (χ4v) is 4.84. The second-order valence-corrected chi connectivity index (χ2v) is 10.8. The van der Waals surface area contributed by atoms with Gasteiger partial charge in [0.1, 0.15) is 23.0 Å². The van der Waals surface area contributed by atoms with E-state index in [4.69, 9.17) is 0 Å². The molecule has 5 aromatic rings. The number of aromatic nitrogens is 5. The monoisotopic (exact) mass is 586 g/mol. The number of anilines is 3. The van der Waals surface area contributed by atoms with Crippen LogP contribution in [0.4, 0.5) is 30.9 Å². The maximum absolute atomic E-state index is 15.2. The maximum Gasteiger partial charge on any atom is 0.323 e. The van der Waals surface area contributed by atoms with E-state index in [1.165, 1.54) is 24.3 Å². The van der Waals surface area contributed by atoms with Gasteiger partial charge in [-0.1, -0.05) is 12.1 Å². The van der Waals surface area contributed by atoms with Gasteiger partial charge >= 0.3 is 6.03 Å². The first-order valence-electron chi connectivity index (χ1n) is 13.8. The first-order valence-corrected chi connectivity index (χ1v) is 13.8. The van der Waals surface area contributed by atoms with Gasteiger partial charge in [-0.15, -0.1) is 0 Å². The van der Waals surface area contributed by atoms with Gasteiger partial charge in [0.15, 0.2) is 0 Å². The Morgan fingerprint density at radius 1 is 0.953 bits per heavy atom. The van der Waals surface area contributed by atoms with Crippen molar-refractivity contribution in [3.8, 4) is 22.4 Å². The highest BCUT2D eigenvalue weighted by Gasteiger charge is 2.20. The highest BCUT2D eigenvalue weighted by Crippen LogP contribution is 2.31. The van der Waals surface area contributed by atoms with E-state index in [0.29, 0.717) is 50.6 Å². The Hall–Kier alpha value is -5.13. The molecule has 3 aromatic heterocycles. The van der Waals surface area contributed by atoms with Crippen molar-refractivity contribution in [3.05, 3.63) is 82.4 Å². The van der Waals surface area contributed by atoms with E-state index in [1.54, 1.807) is 53.8 Å². The summed E-state index contributed by atoms with van der Waals surface area (Å²) in [4.78, 5) is 35.7. The van der Waals surface area contributed by atoms with E-state index in [2.05, 4.69) is 31.0 Å². The fraction of sp³-hybridized carbons (Fsp3) is 0.258. The van der Waals surface area contributed by atoms with Crippen molar-refractivity contribution in [2.75, 3.05) is 23.0 Å². The molecule has 0 aliphatic rings. The third kappa shape index (κ3) is 5.81. The lowest BCUT2D eigenvalue weighted by atomic mass is 9.99. The van der Waals surface area contributed by atoms with Crippen LogP contribution in [-0.4, -0.2) is 37.4 Å². The number of fused-ring (bicyclic) bond motifs is 1. The minimum Gasteiger partial charge on any atom is -0.357 e. The van der Waals surface area contributed by atoms with Gasteiger partial charge in [0.05, 0.1) is 11.4 Å². The van der Waals surface area contributed by atoms with Gasteiger partial charge in [0.2, 0.25) is 5.95 Å². The van der Waals surface area contributed by atoms with Gasteiger partial charge in [-0.3, -0.25) is 14.0 Å². The number of carbonyl (C=O) groups is 1. The Morgan fingerprint density at radius 3 is 2.37 bits per heavy atom. The Morgan fingerprint density at radius 2 is 1.70 bits per heavy atom. The summed E-state index contributed by atoms with van der Waals surface area (Å²) in [6.45, 7) is 9.28. The Kier molecular flexibility index (Phi) is 7.94. The van der Waals surface area contributed by atoms with Crippen LogP contribution in [0.2, 0.25) is 0 Å². The summed E-state index contributed by atoms with van der Waals surface area (Å²) in [5.74, 6) is -0.740. The number of nitrogens with zero attached hydrogens (tertiary/aromatic N) is 5. The highest BCUT2D eigenvalue weighted by atomic mass is 19.1. The van der Waals surface area contributed by atoms with Crippen molar-refractivity contribution in [2.24, 2.45) is 0 Å². The molecule has 0 aliphatic heterocycles. The number of rotatable bonds is 7. The molecule has 10 nitrogen and oxygen atoms in total. The second-order valence-electron chi connectivity index (χ2n) is 10.8. The molecule has 0 radical (unpaired) electrons. The summed E-state index contributed by atoms with van der Waals surface area (Å²) in [5.41, 5.74) is 2.46. The van der Waals surface area contributed by atoms with Gasteiger partial charge < -0.3 is 16.0 Å². The zero-order chi connectivity index (χ0) is 31.0. The second kappa shape index (κ2) is 11.6. The van der Waals surface area contributed by atoms with E-state index >= 15 is 4.39 Å². The number of aryl methyl sites for hydroxylation is 1. The smallest absolute Gasteiger partial charge is 0.323 e. The molecule has 0 bridgehead atoms. The molecule has 0 aliphatic carbocycles. The minimum absolute atomic E-state index is 0.0323. The van der Waals surface area contributed by atoms with Crippen molar-refractivity contribution >= 4 is 34.4 Å². The molecule has 0 fully saturated rings. The number of nitrogens with one attached hydrogen (secondary N) is 3. The summed E-state index contributed by atoms with van der Waals surface area (Å²) < 4.78 is 32.3. The average molecular weight is 587 g/mol. The summed E-state index contributed by atoms with van der Waals surface area (Å²) in [7, 11) is 1.69. The third-order valence-electron chi connectivity index (χ3n) is 6.97. The predicted octanol–water partition coefficient (Wildman–Crippen LogP) is 6.76. The molecule has 0 spiro atoms. The van der Waals surface area contributed by atoms with Gasteiger partial charge in [-0.2, -0.15) is 10.1 Å². The summed E-state index contributed by atoms with van der Waals surface area (Å²) in [6, 6.07) is 9.26. The SMILES string of the molecule is CNc1ncc2cc(-c3cc(NC(=O)Nc4cn(C(C)C)nc4-c4cccc(F)c4)c(F)cc3C)c(=O)n(C(C)C)c2n1. The molecule has 12 heteroatoms. The quantitative estimate of drug-likeness (QED) is 0.194. The van der Waals surface area contributed by atoms with E-state index < -0.39 is 17.7 Å². The fourth-order valence-electron chi connectivity index (χ4n) is 4.84. The van der Waals surface area contributed by atoms with Crippen LogP contribution in [0.5, 0.6) is 0 Å². The first-order chi connectivity index (χ1) is 20.5. The summed E-state index contributed by atoms with van der Waals surface area (Å²) >= 11 is 0. The number of urea groups is 1. The Balaban J connectivity index is 1.52. The Labute approximate surface area is 246 Å². The van der Waals surface area contributed by atoms with Crippen LogP contribution in [0.3, 0.4) is 0 Å². The standard InChI is InChI=1S/C31H32F2N8O2/c1-16(2)40-15-26(27(39-40)19-8-7-9-21(32)11-19)37-31(43)36-25-13-22(18(5)10-24(25)33)23-12-20-14-35-30(34-6)38-28(20)41(17(3)4)29(23)42/h7-17H,1-6H3,(H,34,35,38)(H2,36,37,43). The van der Waals surface area contributed by atoms with E-state index in [1.807, 2.05) is 27.7 Å². The highest BCUT2D eigenvalue weighted by molar-refractivity contribution is 6.02. The molecule has 5 rings (SSSR count). The number of halogens is 2. The molecular formula is C31H32F2N8O2. The van der Waals surface area contributed by atoms with Crippen LogP contribution in [0.15, 0.2) is 59.7 Å². The van der Waals surface area contributed by atoms with Crippen LogP contribution >= 0.6 is 0 Å². The number of hydrogen-bond donors (Lipinski definition) is 3. The zero-order valence-corrected chi connectivity index (χ0v) is 24.7. The zero-order valence-electron chi connectivity index (χ0n) is 24.7. The summed E-state index contributed by atoms with van der Waals surface area (Å²) in [5, 5.41) is 13.3. The molecule has 3 N–H and O–H groups in total. The van der Waals surface area contributed by atoms with E-state index in [-0.39, 0.29) is 23.3 Å². The Bertz CT molecular complexity index is 1910. The largest absolute Gasteiger partial charge is 0.357 e. The van der Waals surface area contributed by atoms with Crippen LogP contribution < -0.4 is 21.5 Å². The molecule has 2 amide bonds. The lowest BCUT2D eigenvalue weighted by Crippen LogP contribution is -2.25. The number of carbonyl (C=O) groups excluding carboxylic acids is 1. The van der Waals surface area contributed by atoms with Crippen molar-refractivity contribution in [3.63, 3.8) is 0 Å². The van der Waals surface area contributed by atoms with Crippen molar-refractivity contribution in [1.29, 1.82) is 0 Å². The van der Waals surface area contributed by atoms with E-state index in [0.717, 1.165) is 0 Å². The average Bonchev–Trinajstić information content (AvgIpc) is 3.38. The maximum atomic E-state index is 15.2. The molecule has 0 saturated heterocycles. The number of pyridine rings is 1. The van der Waals surface area contributed by atoms with E-state index in [9.17, 15) is 14.0 Å². The number of amides is 2. The summed E-state index contributed by atoms with van der Waals surface area (Å²) in [6.07, 6.45) is 3.25. The molecule has 3 heterocycles. The molecule has 43 heavy (non-hydrogen) atoms. The normalized spacial score (nSPS) is 11.4. The topological polar surface area (TPSA) is 119 Å². The molecule has 0 unspecified atom stereocenters. The predicted molar refractivity (Wildman–Crippen MR) is 165 cm³/mol. The number of benzene rings is 2. The van der Waals surface area contributed by atoms with Gasteiger partial charge in [0.25, 0.3) is 5.56 Å². The van der Waals surface area contributed by atoms with Crippen molar-refractivity contribution < 1.29 is 13.6 Å². The van der Waals surface area contributed by atoms with Crippen LogP contribution in [-0.2, 0) is 0 Å². The third-order valence-corrected chi connectivity index (χ3v) is 6.97. The van der Waals surface area contributed by atoms with Gasteiger partial charge in [-0.25, -0.2) is 18.6 Å². The lowest BCUT2D eigenvalue weighted by Gasteiger charge is -2.17. The minimum atomic E-state index is -0.735.